The Bertz CT molecular complexity index is 1200. The maximum absolute atomic E-state index is 13.3. The van der Waals surface area contributed by atoms with Crippen LogP contribution < -0.4 is 15.5 Å². The molecular weight excluding hydrogens is 454 g/mol. The standard InChI is InChI=1S/C24H33N5O4S/c1-16-13-20(27-22(25-16)28-23(2,3)15-30)26-21(31)18-6-5-17(34(4,32)33)14-19(18)29-11-9-24(7-8-24)10-12-29/h5-6,13-14,30H,7-12,15H2,1-4H3,(H2,25,26,27,28,31). The lowest BCUT2D eigenvalue weighted by molar-refractivity contribution is 0.102. The van der Waals surface area contributed by atoms with Gasteiger partial charge in [0, 0.05) is 31.1 Å². The van der Waals surface area contributed by atoms with Gasteiger partial charge >= 0.3 is 0 Å². The first-order valence-electron chi connectivity index (χ1n) is 11.5. The monoisotopic (exact) mass is 487 g/mol. The fourth-order valence-electron chi connectivity index (χ4n) is 4.31. The third kappa shape index (κ3) is 5.50. The molecule has 2 heterocycles. The van der Waals surface area contributed by atoms with Gasteiger partial charge in [-0.25, -0.2) is 13.4 Å². The zero-order chi connectivity index (χ0) is 24.7. The molecule has 0 radical (unpaired) electrons. The second-order valence-electron chi connectivity index (χ2n) is 10.3. The normalized spacial score (nSPS) is 17.5. The van der Waals surface area contributed by atoms with Crippen molar-refractivity contribution in [1.82, 2.24) is 9.97 Å². The Morgan fingerprint density at radius 2 is 1.82 bits per heavy atom. The largest absolute Gasteiger partial charge is 0.394 e. The minimum atomic E-state index is -3.41. The summed E-state index contributed by atoms with van der Waals surface area (Å²) in [5.41, 5.74) is 1.51. The molecule has 1 amide bonds. The van der Waals surface area contributed by atoms with Crippen molar-refractivity contribution in [2.24, 2.45) is 5.41 Å². The molecule has 0 unspecified atom stereocenters. The number of hydrogen-bond acceptors (Lipinski definition) is 8. The summed E-state index contributed by atoms with van der Waals surface area (Å²) in [6.45, 7) is 6.91. The number of aliphatic hydroxyl groups excluding tert-OH is 1. The number of sulfone groups is 1. The number of amides is 1. The van der Waals surface area contributed by atoms with Gasteiger partial charge < -0.3 is 20.6 Å². The average molecular weight is 488 g/mol. The molecule has 1 saturated heterocycles. The highest BCUT2D eigenvalue weighted by Crippen LogP contribution is 2.54. The number of carbonyl (C=O) groups excluding carboxylic acids is 1. The number of nitrogens with zero attached hydrogens (tertiary/aromatic N) is 3. The van der Waals surface area contributed by atoms with Gasteiger partial charge in [-0.2, -0.15) is 4.98 Å². The average Bonchev–Trinajstić information content (AvgIpc) is 3.51. The van der Waals surface area contributed by atoms with E-state index in [1.54, 1.807) is 25.1 Å². The molecule has 1 saturated carbocycles. The van der Waals surface area contributed by atoms with Gasteiger partial charge in [-0.3, -0.25) is 4.79 Å². The van der Waals surface area contributed by atoms with Crippen LogP contribution in [0.2, 0.25) is 0 Å². The molecule has 2 aliphatic rings. The van der Waals surface area contributed by atoms with Crippen molar-refractivity contribution >= 4 is 33.2 Å². The summed E-state index contributed by atoms with van der Waals surface area (Å²) in [5.74, 6) is 0.252. The molecule has 9 nitrogen and oxygen atoms in total. The Morgan fingerprint density at radius 3 is 2.41 bits per heavy atom. The smallest absolute Gasteiger partial charge is 0.258 e. The van der Waals surface area contributed by atoms with Crippen molar-refractivity contribution in [3.05, 3.63) is 35.5 Å². The van der Waals surface area contributed by atoms with Crippen LogP contribution in [0.4, 0.5) is 17.5 Å². The van der Waals surface area contributed by atoms with Gasteiger partial charge in [-0.1, -0.05) is 0 Å². The molecule has 1 spiro atoms. The number of piperidine rings is 1. The molecule has 1 aliphatic carbocycles. The number of aryl methyl sites for hydroxylation is 1. The molecule has 184 valence electrons. The zero-order valence-corrected chi connectivity index (χ0v) is 21.0. The van der Waals surface area contributed by atoms with E-state index in [2.05, 4.69) is 25.5 Å². The molecule has 2 fully saturated rings. The van der Waals surface area contributed by atoms with Crippen LogP contribution >= 0.6 is 0 Å². The summed E-state index contributed by atoms with van der Waals surface area (Å²) < 4.78 is 24.4. The van der Waals surface area contributed by atoms with Crippen LogP contribution in [0.3, 0.4) is 0 Å². The van der Waals surface area contributed by atoms with E-state index in [1.807, 2.05) is 13.8 Å². The van der Waals surface area contributed by atoms with Gasteiger partial charge in [0.2, 0.25) is 5.95 Å². The number of aromatic nitrogens is 2. The number of benzene rings is 1. The highest BCUT2D eigenvalue weighted by atomic mass is 32.2. The summed E-state index contributed by atoms with van der Waals surface area (Å²) in [5, 5.41) is 15.4. The minimum Gasteiger partial charge on any atom is -0.394 e. The van der Waals surface area contributed by atoms with Crippen LogP contribution in [-0.2, 0) is 9.84 Å². The SMILES string of the molecule is Cc1cc(NC(=O)c2ccc(S(C)(=O)=O)cc2N2CCC3(CC2)CC3)nc(NC(C)(C)CO)n1. The van der Waals surface area contributed by atoms with Crippen molar-refractivity contribution < 1.29 is 18.3 Å². The van der Waals surface area contributed by atoms with Gasteiger partial charge in [0.1, 0.15) is 5.82 Å². The molecule has 4 rings (SSSR count). The van der Waals surface area contributed by atoms with Gasteiger partial charge in [-0.05, 0) is 70.1 Å². The number of nitrogens with one attached hydrogen (secondary N) is 2. The lowest BCUT2D eigenvalue weighted by atomic mass is 9.93. The van der Waals surface area contributed by atoms with Gasteiger partial charge in [-0.15, -0.1) is 0 Å². The van der Waals surface area contributed by atoms with E-state index >= 15 is 0 Å². The quantitative estimate of drug-likeness (QED) is 0.544. The lowest BCUT2D eigenvalue weighted by Crippen LogP contribution is -2.36. The van der Waals surface area contributed by atoms with E-state index in [-0.39, 0.29) is 17.4 Å². The second kappa shape index (κ2) is 8.81. The predicted molar refractivity (Wildman–Crippen MR) is 132 cm³/mol. The van der Waals surface area contributed by atoms with Gasteiger partial charge in [0.15, 0.2) is 9.84 Å². The van der Waals surface area contributed by atoms with E-state index in [1.165, 1.54) is 25.2 Å². The summed E-state index contributed by atoms with van der Waals surface area (Å²) in [4.78, 5) is 24.4. The molecule has 2 aromatic rings. The number of anilines is 3. The Balaban J connectivity index is 1.62. The Morgan fingerprint density at radius 1 is 1.15 bits per heavy atom. The van der Waals surface area contributed by atoms with Gasteiger partial charge in [0.25, 0.3) is 5.91 Å². The maximum atomic E-state index is 13.3. The fraction of sp³-hybridized carbons (Fsp3) is 0.542. The molecule has 0 bridgehead atoms. The molecule has 1 aliphatic heterocycles. The highest BCUT2D eigenvalue weighted by Gasteiger charge is 2.44. The number of carbonyl (C=O) groups is 1. The Labute approximate surface area is 200 Å². The van der Waals surface area contributed by atoms with Gasteiger partial charge in [0.05, 0.1) is 28.3 Å². The molecule has 1 aromatic heterocycles. The first-order chi connectivity index (χ1) is 15.9. The van der Waals surface area contributed by atoms with E-state index in [4.69, 9.17) is 0 Å². The molecule has 3 N–H and O–H groups in total. The molecule has 0 atom stereocenters. The van der Waals surface area contributed by atoms with Crippen molar-refractivity contribution in [2.75, 3.05) is 41.5 Å². The Kier molecular flexibility index (Phi) is 6.32. The van der Waals surface area contributed by atoms with Crippen LogP contribution in [0.25, 0.3) is 0 Å². The highest BCUT2D eigenvalue weighted by molar-refractivity contribution is 7.90. The summed E-state index contributed by atoms with van der Waals surface area (Å²) >= 11 is 0. The molecule has 10 heteroatoms. The van der Waals surface area contributed by atoms with Crippen molar-refractivity contribution in [1.29, 1.82) is 0 Å². The van der Waals surface area contributed by atoms with Crippen LogP contribution in [0.15, 0.2) is 29.2 Å². The molecule has 34 heavy (non-hydrogen) atoms. The maximum Gasteiger partial charge on any atom is 0.258 e. The van der Waals surface area contributed by atoms with E-state index < -0.39 is 15.4 Å². The number of aliphatic hydroxyl groups is 1. The summed E-state index contributed by atoms with van der Waals surface area (Å²) in [6, 6.07) is 6.32. The van der Waals surface area contributed by atoms with Crippen LogP contribution in [-0.4, -0.2) is 60.9 Å². The third-order valence-electron chi connectivity index (χ3n) is 6.71. The predicted octanol–water partition coefficient (Wildman–Crippen LogP) is 3.00. The van der Waals surface area contributed by atoms with Crippen molar-refractivity contribution in [2.45, 2.75) is 56.9 Å². The number of rotatable bonds is 7. The summed E-state index contributed by atoms with van der Waals surface area (Å²) in [6.07, 6.45) is 5.80. The Hall–Kier alpha value is -2.72. The fourth-order valence-corrected chi connectivity index (χ4v) is 4.95. The van der Waals surface area contributed by atoms with Crippen LogP contribution in [0, 0.1) is 12.3 Å². The zero-order valence-electron chi connectivity index (χ0n) is 20.2. The topological polar surface area (TPSA) is 125 Å². The first-order valence-corrected chi connectivity index (χ1v) is 13.4. The second-order valence-corrected chi connectivity index (χ2v) is 12.3. The lowest BCUT2D eigenvalue weighted by Gasteiger charge is -2.35. The molecule has 1 aromatic carbocycles. The number of hydrogen-bond donors (Lipinski definition) is 3. The minimum absolute atomic E-state index is 0.112. The van der Waals surface area contributed by atoms with E-state index in [0.717, 1.165) is 25.9 Å². The summed E-state index contributed by atoms with van der Waals surface area (Å²) in [7, 11) is -3.41. The van der Waals surface area contributed by atoms with Crippen molar-refractivity contribution in [3.8, 4) is 0 Å². The third-order valence-corrected chi connectivity index (χ3v) is 7.82. The first kappa shape index (κ1) is 24.4. The van der Waals surface area contributed by atoms with E-state index in [9.17, 15) is 18.3 Å². The van der Waals surface area contributed by atoms with E-state index in [0.29, 0.717) is 34.1 Å². The van der Waals surface area contributed by atoms with Crippen molar-refractivity contribution in [3.63, 3.8) is 0 Å². The van der Waals surface area contributed by atoms with Crippen LogP contribution in [0.1, 0.15) is 55.6 Å². The molecular formula is C24H33N5O4S. The van der Waals surface area contributed by atoms with Crippen LogP contribution in [0.5, 0.6) is 0 Å².